The highest BCUT2D eigenvalue weighted by atomic mass is 35.5. The fourth-order valence-electron chi connectivity index (χ4n) is 2.55. The third kappa shape index (κ3) is 4.01. The molecule has 3 rings (SSSR count). The van der Waals surface area contributed by atoms with Crippen molar-refractivity contribution in [1.29, 1.82) is 0 Å². The van der Waals surface area contributed by atoms with Crippen LogP contribution >= 0.6 is 11.6 Å². The van der Waals surface area contributed by atoms with E-state index in [1.54, 1.807) is 30.3 Å². The molecule has 0 radical (unpaired) electrons. The molecule has 5 nitrogen and oxygen atoms in total. The second kappa shape index (κ2) is 8.05. The van der Waals surface area contributed by atoms with Crippen LogP contribution in [0.3, 0.4) is 0 Å². The average molecular weight is 387 g/mol. The molecule has 0 saturated heterocycles. The van der Waals surface area contributed by atoms with E-state index in [0.717, 1.165) is 6.07 Å². The molecule has 0 aliphatic rings. The largest absolute Gasteiger partial charge is 0.493 e. The van der Waals surface area contributed by atoms with Crippen molar-refractivity contribution >= 4 is 23.2 Å². The number of methoxy groups -OCH3 is 2. The first-order valence-corrected chi connectivity index (χ1v) is 8.35. The Kier molecular flexibility index (Phi) is 5.57. The van der Waals surface area contributed by atoms with Crippen LogP contribution in [0.5, 0.6) is 11.5 Å². The second-order valence-electron chi connectivity index (χ2n) is 5.55. The molecular weight excluding hydrogens is 371 g/mol. The van der Waals surface area contributed by atoms with Crippen LogP contribution in [0.2, 0.25) is 5.02 Å². The van der Waals surface area contributed by atoms with Gasteiger partial charge in [-0.2, -0.15) is 0 Å². The van der Waals surface area contributed by atoms with Gasteiger partial charge in [-0.3, -0.25) is 9.78 Å². The predicted molar refractivity (Wildman–Crippen MR) is 102 cm³/mol. The summed E-state index contributed by atoms with van der Waals surface area (Å²) in [4.78, 5) is 16.5. The molecule has 0 aliphatic carbocycles. The third-order valence-electron chi connectivity index (χ3n) is 3.89. The highest BCUT2D eigenvalue weighted by Crippen LogP contribution is 2.31. The minimum absolute atomic E-state index is 0.165. The monoisotopic (exact) mass is 386 g/mol. The van der Waals surface area contributed by atoms with Crippen LogP contribution in [0, 0.1) is 5.82 Å². The number of hydrogen-bond donors (Lipinski definition) is 1. The number of carbonyl (C=O) groups excluding carboxylic acids is 1. The lowest BCUT2D eigenvalue weighted by molar-refractivity contribution is 0.102. The lowest BCUT2D eigenvalue weighted by Gasteiger charge is -2.11. The van der Waals surface area contributed by atoms with E-state index in [0.29, 0.717) is 27.9 Å². The molecule has 27 heavy (non-hydrogen) atoms. The fourth-order valence-corrected chi connectivity index (χ4v) is 2.77. The maximum atomic E-state index is 14.5. The van der Waals surface area contributed by atoms with Crippen LogP contribution < -0.4 is 14.8 Å². The summed E-state index contributed by atoms with van der Waals surface area (Å²) in [5, 5.41) is 3.03. The molecule has 1 amide bonds. The molecule has 138 valence electrons. The first-order chi connectivity index (χ1) is 13.0. The van der Waals surface area contributed by atoms with Gasteiger partial charge in [0.2, 0.25) is 0 Å². The number of rotatable bonds is 5. The van der Waals surface area contributed by atoms with Crippen LogP contribution in [0.1, 0.15) is 10.4 Å². The number of nitrogens with zero attached hydrogens (tertiary/aromatic N) is 1. The molecule has 2 aromatic carbocycles. The van der Waals surface area contributed by atoms with Crippen molar-refractivity contribution in [2.45, 2.75) is 0 Å². The minimum Gasteiger partial charge on any atom is -0.493 e. The molecule has 0 atom stereocenters. The molecule has 1 aromatic heterocycles. The smallest absolute Gasteiger partial charge is 0.255 e. The summed E-state index contributed by atoms with van der Waals surface area (Å²) in [6.07, 6.45) is 1.53. The summed E-state index contributed by atoms with van der Waals surface area (Å²) in [5.41, 5.74) is 1.21. The van der Waals surface area contributed by atoms with Gasteiger partial charge in [0, 0.05) is 29.1 Å². The zero-order valence-electron chi connectivity index (χ0n) is 14.6. The summed E-state index contributed by atoms with van der Waals surface area (Å²) in [7, 11) is 3.02. The van der Waals surface area contributed by atoms with Crippen LogP contribution in [0.4, 0.5) is 10.1 Å². The first-order valence-electron chi connectivity index (χ1n) is 7.97. The summed E-state index contributed by atoms with van der Waals surface area (Å²) in [6.45, 7) is 0. The number of ether oxygens (including phenoxy) is 2. The molecule has 1 N–H and O–H groups in total. The lowest BCUT2D eigenvalue weighted by atomic mass is 10.1. The van der Waals surface area contributed by atoms with Gasteiger partial charge in [-0.05, 0) is 42.5 Å². The zero-order valence-corrected chi connectivity index (χ0v) is 15.4. The van der Waals surface area contributed by atoms with Crippen LogP contribution in [-0.2, 0) is 0 Å². The van der Waals surface area contributed by atoms with Crippen molar-refractivity contribution in [3.8, 4) is 22.8 Å². The van der Waals surface area contributed by atoms with E-state index in [9.17, 15) is 9.18 Å². The Morgan fingerprint density at radius 2 is 1.85 bits per heavy atom. The standard InChI is InChI=1S/C20H16ClFN2O3/c1-26-17-8-6-13(11-18(17)27-2)24-20(25)12-5-7-14(16(22)10-12)19-15(21)4-3-9-23-19/h3-11H,1-2H3,(H,24,25). The van der Waals surface area contributed by atoms with Gasteiger partial charge in [0.15, 0.2) is 11.5 Å². The number of aromatic nitrogens is 1. The Morgan fingerprint density at radius 3 is 2.52 bits per heavy atom. The number of pyridine rings is 1. The van der Waals surface area contributed by atoms with Gasteiger partial charge >= 0.3 is 0 Å². The zero-order chi connectivity index (χ0) is 19.4. The molecule has 0 aliphatic heterocycles. The van der Waals surface area contributed by atoms with Crippen molar-refractivity contribution in [3.63, 3.8) is 0 Å². The Hall–Kier alpha value is -3.12. The summed E-state index contributed by atoms with van der Waals surface area (Å²) >= 11 is 6.06. The topological polar surface area (TPSA) is 60.5 Å². The number of carbonyl (C=O) groups is 1. The van der Waals surface area contributed by atoms with Crippen LogP contribution in [0.15, 0.2) is 54.7 Å². The Balaban J connectivity index is 1.84. The molecule has 0 fully saturated rings. The van der Waals surface area contributed by atoms with E-state index < -0.39 is 11.7 Å². The van der Waals surface area contributed by atoms with Crippen LogP contribution in [-0.4, -0.2) is 25.1 Å². The number of hydrogen-bond acceptors (Lipinski definition) is 4. The van der Waals surface area contributed by atoms with Crippen LogP contribution in [0.25, 0.3) is 11.3 Å². The number of halogens is 2. The van der Waals surface area contributed by atoms with E-state index in [4.69, 9.17) is 21.1 Å². The number of anilines is 1. The van der Waals surface area contributed by atoms with E-state index in [1.165, 1.54) is 32.5 Å². The van der Waals surface area contributed by atoms with E-state index in [1.807, 2.05) is 0 Å². The van der Waals surface area contributed by atoms with E-state index in [2.05, 4.69) is 10.3 Å². The average Bonchev–Trinajstić information content (AvgIpc) is 2.68. The van der Waals surface area contributed by atoms with Gasteiger partial charge in [-0.25, -0.2) is 4.39 Å². The molecule has 3 aromatic rings. The molecule has 0 spiro atoms. The Bertz CT molecular complexity index is 995. The molecule has 1 heterocycles. The minimum atomic E-state index is -0.587. The summed E-state index contributed by atoms with van der Waals surface area (Å²) in [6, 6.07) is 12.4. The second-order valence-corrected chi connectivity index (χ2v) is 5.96. The quantitative estimate of drug-likeness (QED) is 0.683. The SMILES string of the molecule is COc1ccc(NC(=O)c2ccc(-c3ncccc3Cl)c(F)c2)cc1OC. The molecular formula is C20H16ClFN2O3. The van der Waals surface area contributed by atoms with Gasteiger partial charge in [0.05, 0.1) is 24.9 Å². The molecule has 7 heteroatoms. The predicted octanol–water partition coefficient (Wildman–Crippen LogP) is 4.81. The maximum absolute atomic E-state index is 14.5. The van der Waals surface area contributed by atoms with E-state index in [-0.39, 0.29) is 11.1 Å². The maximum Gasteiger partial charge on any atom is 0.255 e. The van der Waals surface area contributed by atoms with Gasteiger partial charge in [0.1, 0.15) is 5.82 Å². The lowest BCUT2D eigenvalue weighted by Crippen LogP contribution is -2.12. The first kappa shape index (κ1) is 18.7. The number of benzene rings is 2. The highest BCUT2D eigenvalue weighted by molar-refractivity contribution is 6.33. The van der Waals surface area contributed by atoms with Gasteiger partial charge in [-0.15, -0.1) is 0 Å². The summed E-state index contributed by atoms with van der Waals surface area (Å²) < 4.78 is 24.9. The Morgan fingerprint density at radius 1 is 1.07 bits per heavy atom. The normalized spacial score (nSPS) is 10.4. The molecule has 0 unspecified atom stereocenters. The van der Waals surface area contributed by atoms with Crippen molar-refractivity contribution in [2.75, 3.05) is 19.5 Å². The van der Waals surface area contributed by atoms with Crippen molar-refractivity contribution in [3.05, 3.63) is 71.1 Å². The summed E-state index contributed by atoms with van der Waals surface area (Å²) in [5.74, 6) is -0.0323. The molecule has 0 bridgehead atoms. The van der Waals surface area contributed by atoms with Gasteiger partial charge < -0.3 is 14.8 Å². The number of amides is 1. The van der Waals surface area contributed by atoms with Crippen molar-refractivity contribution in [1.82, 2.24) is 4.98 Å². The fraction of sp³-hybridized carbons (Fsp3) is 0.100. The Labute approximate surface area is 160 Å². The number of nitrogens with one attached hydrogen (secondary N) is 1. The van der Waals surface area contributed by atoms with Gasteiger partial charge in [-0.1, -0.05) is 11.6 Å². The van der Waals surface area contributed by atoms with Crippen molar-refractivity contribution in [2.24, 2.45) is 0 Å². The van der Waals surface area contributed by atoms with E-state index >= 15 is 0 Å². The van der Waals surface area contributed by atoms with Crippen molar-refractivity contribution < 1.29 is 18.7 Å². The highest BCUT2D eigenvalue weighted by Gasteiger charge is 2.14. The molecule has 0 saturated carbocycles. The van der Waals surface area contributed by atoms with Gasteiger partial charge in [0.25, 0.3) is 5.91 Å². The third-order valence-corrected chi connectivity index (χ3v) is 4.19.